The number of hydrazone groups is 1. The highest BCUT2D eigenvalue weighted by Crippen LogP contribution is 2.35. The zero-order valence-corrected chi connectivity index (χ0v) is 13.9. The number of hydrogen-bond acceptors (Lipinski definition) is 7. The quantitative estimate of drug-likeness (QED) is 0.618. The Balaban J connectivity index is 1.93. The molecule has 0 bridgehead atoms. The highest BCUT2D eigenvalue weighted by atomic mass is 16.6. The Hall–Kier alpha value is -2.41. The molecule has 1 saturated heterocycles. The van der Waals surface area contributed by atoms with Crippen LogP contribution in [-0.2, 0) is 19.1 Å². The zero-order valence-electron chi connectivity index (χ0n) is 13.9. The molecule has 1 unspecified atom stereocenters. The van der Waals surface area contributed by atoms with Crippen molar-refractivity contribution in [3.8, 4) is 5.75 Å². The second-order valence-electron chi connectivity index (χ2n) is 5.96. The third kappa shape index (κ3) is 2.87. The fourth-order valence-electron chi connectivity index (χ4n) is 2.73. The average Bonchev–Trinajstić information content (AvgIpc) is 3.20. The lowest BCUT2D eigenvalue weighted by molar-refractivity contribution is -0.145. The lowest BCUT2D eigenvalue weighted by Gasteiger charge is -2.20. The van der Waals surface area contributed by atoms with E-state index in [2.05, 4.69) is 10.5 Å². The van der Waals surface area contributed by atoms with Crippen LogP contribution in [-0.4, -0.2) is 49.4 Å². The van der Waals surface area contributed by atoms with Crippen LogP contribution < -0.4 is 10.2 Å². The van der Waals surface area contributed by atoms with Crippen LogP contribution in [0.3, 0.4) is 0 Å². The van der Waals surface area contributed by atoms with E-state index in [-0.39, 0.29) is 12.4 Å². The molecule has 3 rings (SSSR count). The Morgan fingerprint density at radius 3 is 2.58 bits per heavy atom. The molecule has 7 heteroatoms. The highest BCUT2D eigenvalue weighted by Gasteiger charge is 2.53. The van der Waals surface area contributed by atoms with Gasteiger partial charge in [0.25, 0.3) is 0 Å². The molecule has 1 fully saturated rings. The summed E-state index contributed by atoms with van der Waals surface area (Å²) in [5.74, 6) is -0.475. The summed E-state index contributed by atoms with van der Waals surface area (Å²) in [5.41, 5.74) is 2.99. The molecule has 0 aromatic heterocycles. The van der Waals surface area contributed by atoms with E-state index in [9.17, 15) is 9.59 Å². The third-order valence-electron chi connectivity index (χ3n) is 4.26. The molecule has 3 atom stereocenters. The second-order valence-corrected chi connectivity index (χ2v) is 5.96. The second kappa shape index (κ2) is 6.24. The summed E-state index contributed by atoms with van der Waals surface area (Å²) in [5, 5.41) is 4.13. The maximum absolute atomic E-state index is 12.7. The smallest absolute Gasteiger partial charge is 0.331 e. The Morgan fingerprint density at radius 1 is 1.38 bits per heavy atom. The van der Waals surface area contributed by atoms with Gasteiger partial charge in [0, 0.05) is 0 Å². The third-order valence-corrected chi connectivity index (χ3v) is 4.26. The first-order valence-electron chi connectivity index (χ1n) is 7.82. The van der Waals surface area contributed by atoms with E-state index in [1.807, 2.05) is 12.1 Å². The van der Waals surface area contributed by atoms with Crippen molar-refractivity contribution < 1.29 is 23.8 Å². The fraction of sp³-hybridized carbons (Fsp3) is 0.471. The largest absolute Gasteiger partial charge is 0.497 e. The Kier molecular flexibility index (Phi) is 4.28. The Bertz CT molecular complexity index is 679. The lowest BCUT2D eigenvalue weighted by Crippen LogP contribution is -2.40. The standard InChI is InChI=1S/C17H20N2O5/c1-4-23-16(21)14-12(10-5-7-11(22-3)8-6-10)13(18-19-14)15(20)17(2)9-24-17/h5-8,12,14,19H,4,9H2,1-3H3/t12-,14-,17?/m1/s1. The molecule has 0 radical (unpaired) electrons. The number of rotatable bonds is 6. The van der Waals surface area contributed by atoms with Crippen LogP contribution in [0.1, 0.15) is 25.3 Å². The van der Waals surface area contributed by atoms with Gasteiger partial charge >= 0.3 is 5.97 Å². The predicted octanol–water partition coefficient (Wildman–Crippen LogP) is 1.03. The van der Waals surface area contributed by atoms with Crippen molar-refractivity contribution in [2.45, 2.75) is 31.4 Å². The number of Topliss-reactive ketones (excluding diaryl/α,β-unsaturated/α-hetero) is 1. The molecule has 2 aliphatic rings. The minimum absolute atomic E-state index is 0.206. The average molecular weight is 332 g/mol. The topological polar surface area (TPSA) is 89.5 Å². The molecular formula is C17H20N2O5. The van der Waals surface area contributed by atoms with Gasteiger partial charge in [-0.1, -0.05) is 12.1 Å². The number of benzene rings is 1. The maximum atomic E-state index is 12.7. The van der Waals surface area contributed by atoms with E-state index >= 15 is 0 Å². The van der Waals surface area contributed by atoms with E-state index in [1.165, 1.54) is 0 Å². The van der Waals surface area contributed by atoms with Crippen LogP contribution in [0.25, 0.3) is 0 Å². The van der Waals surface area contributed by atoms with Gasteiger partial charge < -0.3 is 14.2 Å². The molecule has 7 nitrogen and oxygen atoms in total. The van der Waals surface area contributed by atoms with Gasteiger partial charge in [-0.2, -0.15) is 5.10 Å². The fourth-order valence-corrected chi connectivity index (χ4v) is 2.73. The van der Waals surface area contributed by atoms with Crippen LogP contribution in [0.15, 0.2) is 29.4 Å². The van der Waals surface area contributed by atoms with Crippen molar-refractivity contribution in [2.24, 2.45) is 5.10 Å². The van der Waals surface area contributed by atoms with Crippen molar-refractivity contribution in [2.75, 3.05) is 20.3 Å². The van der Waals surface area contributed by atoms with Crippen molar-refractivity contribution in [1.82, 2.24) is 5.43 Å². The predicted molar refractivity (Wildman–Crippen MR) is 86.1 cm³/mol. The molecule has 2 aliphatic heterocycles. The summed E-state index contributed by atoms with van der Waals surface area (Å²) in [7, 11) is 1.58. The first-order chi connectivity index (χ1) is 11.5. The van der Waals surface area contributed by atoms with Gasteiger partial charge in [0.2, 0.25) is 5.78 Å². The van der Waals surface area contributed by atoms with Crippen LogP contribution in [0.5, 0.6) is 5.75 Å². The monoisotopic (exact) mass is 332 g/mol. The molecule has 24 heavy (non-hydrogen) atoms. The maximum Gasteiger partial charge on any atom is 0.331 e. The molecule has 0 spiro atoms. The Labute approximate surface area is 140 Å². The number of ketones is 1. The van der Waals surface area contributed by atoms with Crippen LogP contribution >= 0.6 is 0 Å². The summed E-state index contributed by atoms with van der Waals surface area (Å²) < 4.78 is 15.5. The molecule has 1 aromatic carbocycles. The summed E-state index contributed by atoms with van der Waals surface area (Å²) in [6.45, 7) is 4.09. The van der Waals surface area contributed by atoms with Gasteiger partial charge in [0.05, 0.1) is 26.2 Å². The number of epoxide rings is 1. The molecule has 128 valence electrons. The van der Waals surface area contributed by atoms with Crippen molar-refractivity contribution in [3.63, 3.8) is 0 Å². The van der Waals surface area contributed by atoms with Crippen LogP contribution in [0, 0.1) is 0 Å². The summed E-state index contributed by atoms with van der Waals surface area (Å²) in [4.78, 5) is 24.9. The summed E-state index contributed by atoms with van der Waals surface area (Å²) in [6, 6.07) is 6.48. The normalized spacial score (nSPS) is 27.9. The molecular weight excluding hydrogens is 312 g/mol. The van der Waals surface area contributed by atoms with Crippen molar-refractivity contribution in [1.29, 1.82) is 0 Å². The van der Waals surface area contributed by atoms with Crippen molar-refractivity contribution >= 4 is 17.5 Å². The van der Waals surface area contributed by atoms with Gasteiger partial charge in [-0.05, 0) is 31.5 Å². The number of carbonyl (C=O) groups excluding carboxylic acids is 2. The molecule has 0 aliphatic carbocycles. The number of methoxy groups -OCH3 is 1. The minimum Gasteiger partial charge on any atom is -0.497 e. The molecule has 1 N–H and O–H groups in total. The van der Waals surface area contributed by atoms with Gasteiger partial charge in [-0.25, -0.2) is 4.79 Å². The number of esters is 1. The molecule has 1 aromatic rings. The SMILES string of the molecule is CCOC(=O)[C@@H]1NN=C(C(=O)C2(C)CO2)[C@H]1c1ccc(OC)cc1. The molecule has 2 heterocycles. The number of hydrogen-bond donors (Lipinski definition) is 1. The van der Waals surface area contributed by atoms with E-state index < -0.39 is 23.5 Å². The molecule has 0 saturated carbocycles. The summed E-state index contributed by atoms with van der Waals surface area (Å²) >= 11 is 0. The first-order valence-corrected chi connectivity index (χ1v) is 7.82. The van der Waals surface area contributed by atoms with Gasteiger partial charge in [-0.15, -0.1) is 0 Å². The number of ether oxygens (including phenoxy) is 3. The van der Waals surface area contributed by atoms with Crippen LogP contribution in [0.4, 0.5) is 0 Å². The highest BCUT2D eigenvalue weighted by molar-refractivity contribution is 6.46. The van der Waals surface area contributed by atoms with Gasteiger partial charge in [0.1, 0.15) is 11.5 Å². The van der Waals surface area contributed by atoms with Gasteiger partial charge in [-0.3, -0.25) is 10.2 Å². The van der Waals surface area contributed by atoms with E-state index in [0.29, 0.717) is 18.1 Å². The van der Waals surface area contributed by atoms with E-state index in [4.69, 9.17) is 14.2 Å². The van der Waals surface area contributed by atoms with E-state index in [1.54, 1.807) is 33.1 Å². The van der Waals surface area contributed by atoms with Crippen LogP contribution in [0.2, 0.25) is 0 Å². The Morgan fingerprint density at radius 2 is 2.04 bits per heavy atom. The minimum atomic E-state index is -0.839. The first kappa shape index (κ1) is 16.4. The van der Waals surface area contributed by atoms with Gasteiger partial charge in [0.15, 0.2) is 11.6 Å². The number of carbonyl (C=O) groups is 2. The van der Waals surface area contributed by atoms with E-state index in [0.717, 1.165) is 5.56 Å². The molecule has 0 amide bonds. The number of nitrogens with zero attached hydrogens (tertiary/aromatic N) is 1. The number of nitrogens with one attached hydrogen (secondary N) is 1. The lowest BCUT2D eigenvalue weighted by atomic mass is 9.84. The summed E-state index contributed by atoms with van der Waals surface area (Å²) in [6.07, 6.45) is 0. The zero-order chi connectivity index (χ0) is 17.3. The van der Waals surface area contributed by atoms with Crippen molar-refractivity contribution in [3.05, 3.63) is 29.8 Å².